The summed E-state index contributed by atoms with van der Waals surface area (Å²) in [6.45, 7) is 1.66. The summed E-state index contributed by atoms with van der Waals surface area (Å²) in [5.74, 6) is -0.0774. The molecule has 1 aromatic carbocycles. The summed E-state index contributed by atoms with van der Waals surface area (Å²) in [6.07, 6.45) is 1.30. The molecule has 1 aliphatic heterocycles. The number of rotatable bonds is 2. The van der Waals surface area contributed by atoms with Gasteiger partial charge in [-0.3, -0.25) is 18.3 Å². The molecule has 0 radical (unpaired) electrons. The second-order valence-corrected chi connectivity index (χ2v) is 4.17. The first kappa shape index (κ1) is 13.3. The first-order chi connectivity index (χ1) is 8.90. The minimum atomic E-state index is -2.74. The number of hydrogen-bond donors (Lipinski definition) is 1. The molecular formula is C12H11BF2N2O2. The van der Waals surface area contributed by atoms with Crippen molar-refractivity contribution in [3.63, 3.8) is 0 Å². The highest BCUT2D eigenvalue weighted by Crippen LogP contribution is 2.18. The standard InChI is InChI=1S/C12H11BF2N2O2/c1-7-16-11(12(19)17(7)2)5-8-3-4-9(18)6-10(8)13(14)15/h3-6,18H,1-2H3. The van der Waals surface area contributed by atoms with E-state index < -0.39 is 7.27 Å². The maximum absolute atomic E-state index is 12.9. The average molecular weight is 264 g/mol. The van der Waals surface area contributed by atoms with Crippen LogP contribution in [0.1, 0.15) is 12.5 Å². The molecule has 98 valence electrons. The van der Waals surface area contributed by atoms with Crippen LogP contribution in [0, 0.1) is 0 Å². The zero-order chi connectivity index (χ0) is 14.2. The van der Waals surface area contributed by atoms with Crippen LogP contribution in [0.5, 0.6) is 5.75 Å². The molecule has 0 saturated heterocycles. The Morgan fingerprint density at radius 2 is 2.11 bits per heavy atom. The molecule has 1 aliphatic rings. The van der Waals surface area contributed by atoms with Gasteiger partial charge < -0.3 is 5.11 Å². The number of amides is 1. The number of aromatic hydroxyl groups is 1. The lowest BCUT2D eigenvalue weighted by atomic mass is 9.81. The number of phenols is 1. The molecule has 1 aromatic rings. The summed E-state index contributed by atoms with van der Waals surface area (Å²) in [5, 5.41) is 9.23. The summed E-state index contributed by atoms with van der Waals surface area (Å²) in [6, 6.07) is 3.61. The molecule has 19 heavy (non-hydrogen) atoms. The minimum Gasteiger partial charge on any atom is -0.508 e. The van der Waals surface area contributed by atoms with Gasteiger partial charge in [-0.1, -0.05) is 6.07 Å². The third kappa shape index (κ3) is 2.49. The second kappa shape index (κ2) is 4.83. The summed E-state index contributed by atoms with van der Waals surface area (Å²) in [4.78, 5) is 17.1. The van der Waals surface area contributed by atoms with Crippen molar-refractivity contribution in [1.29, 1.82) is 0 Å². The lowest BCUT2D eigenvalue weighted by Gasteiger charge is -2.07. The van der Waals surface area contributed by atoms with Crippen LogP contribution in [0.2, 0.25) is 0 Å². The van der Waals surface area contributed by atoms with Crippen LogP contribution in [0.15, 0.2) is 28.9 Å². The van der Waals surface area contributed by atoms with Gasteiger partial charge in [0.2, 0.25) is 0 Å². The van der Waals surface area contributed by atoms with Crippen molar-refractivity contribution in [2.24, 2.45) is 4.99 Å². The van der Waals surface area contributed by atoms with Crippen LogP contribution in [0.4, 0.5) is 8.63 Å². The number of hydrogen-bond acceptors (Lipinski definition) is 3. The van der Waals surface area contributed by atoms with E-state index in [1.165, 1.54) is 23.1 Å². The first-order valence-electron chi connectivity index (χ1n) is 5.56. The van der Waals surface area contributed by atoms with Crippen LogP contribution in [-0.4, -0.2) is 36.1 Å². The van der Waals surface area contributed by atoms with Crippen LogP contribution >= 0.6 is 0 Å². The topological polar surface area (TPSA) is 52.9 Å². The Bertz CT molecular complexity index is 599. The van der Waals surface area contributed by atoms with E-state index in [2.05, 4.69) is 4.99 Å². The number of phenolic OH excluding ortho intramolecular Hbond substituents is 1. The van der Waals surface area contributed by atoms with Crippen molar-refractivity contribution in [1.82, 2.24) is 4.90 Å². The Morgan fingerprint density at radius 1 is 1.42 bits per heavy atom. The van der Waals surface area contributed by atoms with Gasteiger partial charge in [0.1, 0.15) is 17.3 Å². The van der Waals surface area contributed by atoms with Crippen LogP contribution in [0.25, 0.3) is 6.08 Å². The number of nitrogens with zero attached hydrogens (tertiary/aromatic N) is 2. The molecule has 0 unspecified atom stereocenters. The number of carbonyl (C=O) groups excluding carboxylic acids is 1. The predicted octanol–water partition coefficient (Wildman–Crippen LogP) is 1.26. The summed E-state index contributed by atoms with van der Waals surface area (Å²) >= 11 is 0. The van der Waals surface area contributed by atoms with Crippen molar-refractivity contribution in [3.8, 4) is 5.75 Å². The average Bonchev–Trinajstić information content (AvgIpc) is 2.59. The molecule has 0 saturated carbocycles. The molecule has 0 spiro atoms. The van der Waals surface area contributed by atoms with Gasteiger partial charge in [0.15, 0.2) is 0 Å². The van der Waals surface area contributed by atoms with E-state index in [0.717, 1.165) is 6.07 Å². The third-order valence-corrected chi connectivity index (χ3v) is 2.89. The first-order valence-corrected chi connectivity index (χ1v) is 5.56. The van der Waals surface area contributed by atoms with E-state index >= 15 is 0 Å². The third-order valence-electron chi connectivity index (χ3n) is 2.89. The van der Waals surface area contributed by atoms with Gasteiger partial charge in [0.25, 0.3) is 5.91 Å². The Morgan fingerprint density at radius 3 is 2.63 bits per heavy atom. The number of likely N-dealkylation sites (N-methyl/N-ethyl adjacent to an activating group) is 1. The molecule has 2 rings (SSSR count). The molecule has 1 heterocycles. The molecule has 0 atom stereocenters. The molecule has 0 aliphatic carbocycles. The van der Waals surface area contributed by atoms with Crippen molar-refractivity contribution in [2.75, 3.05) is 7.05 Å². The molecular weight excluding hydrogens is 253 g/mol. The molecule has 0 bridgehead atoms. The summed E-state index contributed by atoms with van der Waals surface area (Å²) in [5.41, 5.74) is -0.0571. The van der Waals surface area contributed by atoms with Gasteiger partial charge >= 0.3 is 7.27 Å². The predicted molar refractivity (Wildman–Crippen MR) is 69.6 cm³/mol. The monoisotopic (exact) mass is 264 g/mol. The summed E-state index contributed by atoms with van der Waals surface area (Å²) < 4.78 is 25.7. The Labute approximate surface area is 109 Å². The highest BCUT2D eigenvalue weighted by atomic mass is 19.2. The second-order valence-electron chi connectivity index (χ2n) is 4.17. The van der Waals surface area contributed by atoms with Crippen LogP contribution in [-0.2, 0) is 4.79 Å². The number of amidine groups is 1. The minimum absolute atomic E-state index is 0.104. The fourth-order valence-corrected chi connectivity index (χ4v) is 1.74. The fourth-order valence-electron chi connectivity index (χ4n) is 1.74. The van der Waals surface area contributed by atoms with Gasteiger partial charge in [0.05, 0.1) is 0 Å². The number of halogens is 2. The highest BCUT2D eigenvalue weighted by molar-refractivity contribution is 6.61. The van der Waals surface area contributed by atoms with Gasteiger partial charge in [-0.2, -0.15) is 0 Å². The smallest absolute Gasteiger partial charge is 0.508 e. The van der Waals surface area contributed by atoms with Crippen molar-refractivity contribution in [3.05, 3.63) is 29.5 Å². The maximum Gasteiger partial charge on any atom is 0.572 e. The zero-order valence-corrected chi connectivity index (χ0v) is 10.4. The summed E-state index contributed by atoms with van der Waals surface area (Å²) in [7, 11) is -1.18. The SMILES string of the molecule is CC1=NC(=Cc2ccc(O)cc2B(F)F)C(=O)N1C. The van der Waals surface area contributed by atoms with E-state index in [9.17, 15) is 18.5 Å². The van der Waals surface area contributed by atoms with E-state index in [-0.39, 0.29) is 28.4 Å². The zero-order valence-electron chi connectivity index (χ0n) is 10.4. The molecule has 1 N–H and O–H groups in total. The Hall–Kier alpha value is -2.18. The Kier molecular flexibility index (Phi) is 3.37. The van der Waals surface area contributed by atoms with Crippen molar-refractivity contribution < 1.29 is 18.5 Å². The number of aliphatic imine (C=N–C) groups is 1. The molecule has 0 aromatic heterocycles. The van der Waals surface area contributed by atoms with E-state index in [0.29, 0.717) is 5.84 Å². The Balaban J connectivity index is 2.47. The van der Waals surface area contributed by atoms with Gasteiger partial charge in [0, 0.05) is 12.5 Å². The van der Waals surface area contributed by atoms with Gasteiger partial charge in [-0.25, -0.2) is 4.99 Å². The molecule has 7 heteroatoms. The number of benzene rings is 1. The molecule has 0 fully saturated rings. The quantitative estimate of drug-likeness (QED) is 0.645. The molecule has 1 amide bonds. The lowest BCUT2D eigenvalue weighted by molar-refractivity contribution is -0.121. The highest BCUT2D eigenvalue weighted by Gasteiger charge is 2.26. The fraction of sp³-hybridized carbons (Fsp3) is 0.167. The van der Waals surface area contributed by atoms with Gasteiger partial charge in [-0.15, -0.1) is 0 Å². The largest absolute Gasteiger partial charge is 0.572 e. The van der Waals surface area contributed by atoms with E-state index in [1.807, 2.05) is 0 Å². The lowest BCUT2D eigenvalue weighted by Crippen LogP contribution is -2.26. The van der Waals surface area contributed by atoms with Crippen molar-refractivity contribution in [2.45, 2.75) is 6.92 Å². The molecule has 4 nitrogen and oxygen atoms in total. The van der Waals surface area contributed by atoms with Crippen LogP contribution in [0.3, 0.4) is 0 Å². The van der Waals surface area contributed by atoms with E-state index in [4.69, 9.17) is 0 Å². The number of carbonyl (C=O) groups is 1. The van der Waals surface area contributed by atoms with E-state index in [1.54, 1.807) is 14.0 Å². The van der Waals surface area contributed by atoms with Crippen LogP contribution < -0.4 is 5.46 Å². The van der Waals surface area contributed by atoms with Gasteiger partial charge in [-0.05, 0) is 30.7 Å². The van der Waals surface area contributed by atoms with Crippen molar-refractivity contribution >= 4 is 30.5 Å². The maximum atomic E-state index is 12.9. The normalized spacial score (nSPS) is 17.1.